The summed E-state index contributed by atoms with van der Waals surface area (Å²) >= 11 is 0. The van der Waals surface area contributed by atoms with Gasteiger partial charge in [-0.2, -0.15) is 0 Å². The fourth-order valence-corrected chi connectivity index (χ4v) is 4.89. The van der Waals surface area contributed by atoms with E-state index in [2.05, 4.69) is 73.0 Å². The Balaban J connectivity index is 1.50. The maximum Gasteiger partial charge on any atom is 0.228 e. The first-order valence-corrected chi connectivity index (χ1v) is 11.3. The van der Waals surface area contributed by atoms with Crippen molar-refractivity contribution in [3.63, 3.8) is 0 Å². The minimum absolute atomic E-state index is 0.0292. The average Bonchev–Trinajstić information content (AvgIpc) is 2.88. The molecule has 1 amide bonds. The van der Waals surface area contributed by atoms with Gasteiger partial charge < -0.3 is 15.5 Å². The molecule has 1 aliphatic heterocycles. The lowest BCUT2D eigenvalue weighted by Crippen LogP contribution is -2.34. The molecule has 0 radical (unpaired) electrons. The third kappa shape index (κ3) is 3.89. The van der Waals surface area contributed by atoms with Crippen LogP contribution in [0.4, 0.5) is 17.1 Å². The van der Waals surface area contributed by atoms with Gasteiger partial charge in [0.2, 0.25) is 5.91 Å². The van der Waals surface area contributed by atoms with Crippen molar-refractivity contribution in [2.75, 3.05) is 24.7 Å². The van der Waals surface area contributed by atoms with E-state index in [9.17, 15) is 4.79 Å². The van der Waals surface area contributed by atoms with Crippen LogP contribution in [0.15, 0.2) is 42.5 Å². The van der Waals surface area contributed by atoms with Crippen LogP contribution in [0.3, 0.4) is 0 Å². The van der Waals surface area contributed by atoms with Crippen LogP contribution in [-0.4, -0.2) is 35.9 Å². The Bertz CT molecular complexity index is 1210. The predicted octanol–water partition coefficient (Wildman–Crippen LogP) is 5.02. The van der Waals surface area contributed by atoms with E-state index in [1.54, 1.807) is 0 Å². The summed E-state index contributed by atoms with van der Waals surface area (Å²) in [7, 11) is 4.32. The summed E-state index contributed by atoms with van der Waals surface area (Å²) in [5.41, 5.74) is 10.9. The monoisotopic (exact) mass is 426 g/mol. The van der Waals surface area contributed by atoms with Gasteiger partial charge in [-0.25, -0.2) is 0 Å². The number of aromatic nitrogens is 1. The number of likely N-dealkylation sites (N-methyl/N-ethyl adjacent to an activating group) is 1. The van der Waals surface area contributed by atoms with Crippen molar-refractivity contribution in [3.05, 3.63) is 70.5 Å². The van der Waals surface area contributed by atoms with Gasteiger partial charge in [-0.1, -0.05) is 18.2 Å². The summed E-state index contributed by atoms with van der Waals surface area (Å²) in [4.78, 5) is 19.7. The third-order valence-corrected chi connectivity index (χ3v) is 6.76. The number of nitrogens with zero attached hydrogens (tertiary/aromatic N) is 2. The molecule has 0 bridgehead atoms. The predicted molar refractivity (Wildman–Crippen MR) is 131 cm³/mol. The van der Waals surface area contributed by atoms with Crippen molar-refractivity contribution < 1.29 is 4.79 Å². The third-order valence-electron chi connectivity index (χ3n) is 6.76. The standard InChI is InChI=1S/C27H30N4O/c1-16-5-9-22-23-15-20(7-6-18(23)14-27(32)30-26(22)11-16)29-25-13-19-12-21(31(3)4)8-10-24(19)28-17(25)2/h5-7,9,11,13,15,21,29H,8,10,12,14H2,1-4H3,(H,30,32)/t21-/m0/s1. The zero-order valence-electron chi connectivity index (χ0n) is 19.2. The van der Waals surface area contributed by atoms with Crippen molar-refractivity contribution in [1.29, 1.82) is 0 Å². The minimum Gasteiger partial charge on any atom is -0.354 e. The zero-order valence-corrected chi connectivity index (χ0v) is 19.2. The maximum absolute atomic E-state index is 12.4. The lowest BCUT2D eigenvalue weighted by Gasteiger charge is -2.30. The molecular weight excluding hydrogens is 396 g/mol. The Morgan fingerprint density at radius 3 is 2.69 bits per heavy atom. The number of anilines is 3. The van der Waals surface area contributed by atoms with Crippen LogP contribution < -0.4 is 10.6 Å². The fraction of sp³-hybridized carbons (Fsp3) is 0.333. The van der Waals surface area contributed by atoms with E-state index < -0.39 is 0 Å². The largest absolute Gasteiger partial charge is 0.354 e. The molecule has 2 aliphatic rings. The van der Waals surface area contributed by atoms with Gasteiger partial charge in [-0.15, -0.1) is 0 Å². The van der Waals surface area contributed by atoms with Crippen LogP contribution in [-0.2, 0) is 24.1 Å². The number of hydrogen-bond donors (Lipinski definition) is 2. The van der Waals surface area contributed by atoms with Gasteiger partial charge in [0.15, 0.2) is 0 Å². The second-order valence-electron chi connectivity index (χ2n) is 9.36. The summed E-state index contributed by atoms with van der Waals surface area (Å²) in [6.45, 7) is 4.12. The molecule has 0 fully saturated rings. The topological polar surface area (TPSA) is 57.3 Å². The highest BCUT2D eigenvalue weighted by Gasteiger charge is 2.23. The van der Waals surface area contributed by atoms with E-state index in [1.807, 2.05) is 13.0 Å². The lowest BCUT2D eigenvalue weighted by atomic mass is 9.90. The molecule has 164 valence electrons. The van der Waals surface area contributed by atoms with E-state index in [1.165, 1.54) is 11.3 Å². The number of carbonyl (C=O) groups is 1. The maximum atomic E-state index is 12.4. The van der Waals surface area contributed by atoms with Gasteiger partial charge in [0.25, 0.3) is 0 Å². The summed E-state index contributed by atoms with van der Waals surface area (Å²) in [5, 5.41) is 6.67. The van der Waals surface area contributed by atoms with Crippen LogP contribution in [0.1, 0.15) is 34.5 Å². The van der Waals surface area contributed by atoms with Gasteiger partial charge in [0, 0.05) is 28.7 Å². The number of amides is 1. The van der Waals surface area contributed by atoms with Crippen LogP contribution in [0.25, 0.3) is 11.1 Å². The van der Waals surface area contributed by atoms with E-state index in [0.717, 1.165) is 64.3 Å². The molecule has 0 spiro atoms. The second-order valence-corrected chi connectivity index (χ2v) is 9.36. The molecule has 0 saturated heterocycles. The molecular formula is C27H30N4O. The number of nitrogens with one attached hydrogen (secondary N) is 2. The van der Waals surface area contributed by atoms with Gasteiger partial charge in [-0.05, 0) is 93.7 Å². The smallest absolute Gasteiger partial charge is 0.228 e. The van der Waals surface area contributed by atoms with Crippen molar-refractivity contribution >= 4 is 23.0 Å². The summed E-state index contributed by atoms with van der Waals surface area (Å²) in [6.07, 6.45) is 3.62. The number of benzene rings is 2. The molecule has 5 rings (SSSR count). The van der Waals surface area contributed by atoms with E-state index in [4.69, 9.17) is 4.98 Å². The Labute approximate surface area is 189 Å². The Hall–Kier alpha value is -3.18. The van der Waals surface area contributed by atoms with Gasteiger partial charge in [-0.3, -0.25) is 9.78 Å². The van der Waals surface area contributed by atoms with Crippen molar-refractivity contribution in [3.8, 4) is 11.1 Å². The van der Waals surface area contributed by atoms with Gasteiger partial charge >= 0.3 is 0 Å². The number of aryl methyl sites for hydroxylation is 3. The zero-order chi connectivity index (χ0) is 22.4. The van der Waals surface area contributed by atoms with Gasteiger partial charge in [0.1, 0.15) is 0 Å². The molecule has 5 heteroatoms. The molecule has 1 aliphatic carbocycles. The second kappa shape index (κ2) is 8.06. The highest BCUT2D eigenvalue weighted by molar-refractivity contribution is 6.01. The quantitative estimate of drug-likeness (QED) is 0.617. The van der Waals surface area contributed by atoms with Crippen LogP contribution in [0.2, 0.25) is 0 Å². The lowest BCUT2D eigenvalue weighted by molar-refractivity contribution is -0.115. The molecule has 5 nitrogen and oxygen atoms in total. The summed E-state index contributed by atoms with van der Waals surface area (Å²) in [6, 6.07) is 15.4. The Morgan fingerprint density at radius 1 is 1.03 bits per heavy atom. The van der Waals surface area contributed by atoms with Gasteiger partial charge in [0.05, 0.1) is 17.8 Å². The highest BCUT2D eigenvalue weighted by Crippen LogP contribution is 2.37. The molecule has 2 heterocycles. The van der Waals surface area contributed by atoms with Crippen LogP contribution in [0, 0.1) is 13.8 Å². The number of carbonyl (C=O) groups excluding carboxylic acids is 1. The Morgan fingerprint density at radius 2 is 1.88 bits per heavy atom. The average molecular weight is 427 g/mol. The van der Waals surface area contributed by atoms with E-state index in [0.29, 0.717) is 12.5 Å². The number of hydrogen-bond acceptors (Lipinski definition) is 4. The fourth-order valence-electron chi connectivity index (χ4n) is 4.89. The summed E-state index contributed by atoms with van der Waals surface area (Å²) in [5.74, 6) is 0.0292. The van der Waals surface area contributed by atoms with Crippen LogP contribution >= 0.6 is 0 Å². The highest BCUT2D eigenvalue weighted by atomic mass is 16.1. The van der Waals surface area contributed by atoms with Crippen molar-refractivity contribution in [2.24, 2.45) is 0 Å². The van der Waals surface area contributed by atoms with Crippen molar-refractivity contribution in [2.45, 2.75) is 45.6 Å². The normalized spacial score (nSPS) is 17.2. The molecule has 32 heavy (non-hydrogen) atoms. The molecule has 0 saturated carbocycles. The number of rotatable bonds is 3. The molecule has 3 aromatic rings. The molecule has 2 N–H and O–H groups in total. The minimum atomic E-state index is 0.0292. The molecule has 1 atom stereocenters. The number of pyridine rings is 1. The molecule has 0 unspecified atom stereocenters. The Kier molecular flexibility index (Phi) is 5.22. The molecule has 2 aromatic carbocycles. The summed E-state index contributed by atoms with van der Waals surface area (Å²) < 4.78 is 0. The SMILES string of the molecule is Cc1ccc2c(c1)NC(=O)Cc1ccc(Nc3cc4c(nc3C)CC[C@H](N(C)C)C4)cc1-2. The first kappa shape index (κ1) is 20.7. The van der Waals surface area contributed by atoms with Crippen LogP contribution in [0.5, 0.6) is 0 Å². The molecule has 1 aromatic heterocycles. The number of fused-ring (bicyclic) bond motifs is 4. The van der Waals surface area contributed by atoms with E-state index >= 15 is 0 Å². The first-order chi connectivity index (χ1) is 15.4. The van der Waals surface area contributed by atoms with E-state index in [-0.39, 0.29) is 5.91 Å². The first-order valence-electron chi connectivity index (χ1n) is 11.3. The van der Waals surface area contributed by atoms with Crippen molar-refractivity contribution in [1.82, 2.24) is 9.88 Å².